The molecule has 0 saturated carbocycles. The number of nitrogens with one attached hydrogen (secondary N) is 1. The first-order valence-electron chi connectivity index (χ1n) is 9.65. The van der Waals surface area contributed by atoms with Gasteiger partial charge in [0.25, 0.3) is 0 Å². The predicted molar refractivity (Wildman–Crippen MR) is 104 cm³/mol. The third-order valence-corrected chi connectivity index (χ3v) is 5.40. The SMILES string of the molecule is Cc1cc(-c2ccc([C@@H](C)C(F)(F)F)cn2)n2nc(N[C@@H]3CCOC[C@H]3O)ncc12. The van der Waals surface area contributed by atoms with Gasteiger partial charge in [-0.25, -0.2) is 9.50 Å². The van der Waals surface area contributed by atoms with E-state index < -0.39 is 18.2 Å². The number of hydrogen-bond donors (Lipinski definition) is 2. The summed E-state index contributed by atoms with van der Waals surface area (Å²) in [4.78, 5) is 8.57. The zero-order valence-corrected chi connectivity index (χ0v) is 16.5. The van der Waals surface area contributed by atoms with Crippen molar-refractivity contribution >= 4 is 11.5 Å². The highest BCUT2D eigenvalue weighted by Crippen LogP contribution is 2.34. The minimum atomic E-state index is -4.32. The molecule has 10 heteroatoms. The molecule has 0 spiro atoms. The molecule has 2 N–H and O–H groups in total. The molecule has 1 saturated heterocycles. The molecule has 0 unspecified atom stereocenters. The number of halogens is 3. The van der Waals surface area contributed by atoms with Gasteiger partial charge < -0.3 is 15.2 Å². The van der Waals surface area contributed by atoms with E-state index in [1.54, 1.807) is 16.8 Å². The van der Waals surface area contributed by atoms with Crippen molar-refractivity contribution in [3.05, 3.63) is 41.7 Å². The van der Waals surface area contributed by atoms with E-state index in [0.717, 1.165) is 18.0 Å². The molecule has 7 nitrogen and oxygen atoms in total. The Kier molecular flexibility index (Phi) is 5.37. The molecule has 0 bridgehead atoms. The predicted octanol–water partition coefficient (Wildman–Crippen LogP) is 3.33. The first-order chi connectivity index (χ1) is 14.2. The summed E-state index contributed by atoms with van der Waals surface area (Å²) in [5.41, 5.74) is 2.93. The third-order valence-electron chi connectivity index (χ3n) is 5.40. The van der Waals surface area contributed by atoms with Gasteiger partial charge in [0.1, 0.15) is 0 Å². The van der Waals surface area contributed by atoms with Crippen LogP contribution in [-0.2, 0) is 4.74 Å². The normalized spacial score (nSPS) is 21.0. The van der Waals surface area contributed by atoms with Crippen molar-refractivity contribution in [2.45, 2.75) is 44.5 Å². The van der Waals surface area contributed by atoms with Crippen LogP contribution in [0.4, 0.5) is 19.1 Å². The molecular weight excluding hydrogens is 399 g/mol. The molecular formula is C20H22F3N5O2. The van der Waals surface area contributed by atoms with Gasteiger partial charge in [0.15, 0.2) is 0 Å². The van der Waals surface area contributed by atoms with Crippen LogP contribution in [0, 0.1) is 6.92 Å². The van der Waals surface area contributed by atoms with Crippen molar-refractivity contribution in [3.63, 3.8) is 0 Å². The van der Waals surface area contributed by atoms with Crippen LogP contribution in [0.3, 0.4) is 0 Å². The molecule has 1 aliphatic rings. The Morgan fingerprint density at radius 3 is 2.73 bits per heavy atom. The summed E-state index contributed by atoms with van der Waals surface area (Å²) in [6, 6.07) is 4.65. The summed E-state index contributed by atoms with van der Waals surface area (Å²) in [5.74, 6) is -1.25. The molecule has 0 aromatic carbocycles. The summed E-state index contributed by atoms with van der Waals surface area (Å²) in [5, 5.41) is 17.7. The van der Waals surface area contributed by atoms with Crippen LogP contribution in [0.25, 0.3) is 16.9 Å². The van der Waals surface area contributed by atoms with E-state index in [0.29, 0.717) is 30.4 Å². The molecule has 1 aliphatic heterocycles. The number of alkyl halides is 3. The maximum absolute atomic E-state index is 13.0. The number of aliphatic hydroxyl groups excluding tert-OH is 1. The number of rotatable bonds is 4. The molecule has 4 heterocycles. The molecule has 30 heavy (non-hydrogen) atoms. The summed E-state index contributed by atoms with van der Waals surface area (Å²) in [6.45, 7) is 3.80. The lowest BCUT2D eigenvalue weighted by molar-refractivity contribution is -0.146. The maximum Gasteiger partial charge on any atom is 0.395 e. The number of pyridine rings is 1. The van der Waals surface area contributed by atoms with E-state index in [1.165, 1.54) is 12.3 Å². The number of nitrogens with zero attached hydrogens (tertiary/aromatic N) is 4. The van der Waals surface area contributed by atoms with Crippen LogP contribution in [0.2, 0.25) is 0 Å². The first-order valence-corrected chi connectivity index (χ1v) is 9.65. The van der Waals surface area contributed by atoms with Gasteiger partial charge in [-0.1, -0.05) is 6.07 Å². The Labute approximate surface area is 170 Å². The Morgan fingerprint density at radius 1 is 1.27 bits per heavy atom. The Morgan fingerprint density at radius 2 is 2.07 bits per heavy atom. The van der Waals surface area contributed by atoms with Gasteiger partial charge in [0, 0.05) is 12.8 Å². The monoisotopic (exact) mass is 421 g/mol. The van der Waals surface area contributed by atoms with Crippen LogP contribution < -0.4 is 5.32 Å². The van der Waals surface area contributed by atoms with Gasteiger partial charge in [-0.2, -0.15) is 13.2 Å². The van der Waals surface area contributed by atoms with Crippen LogP contribution >= 0.6 is 0 Å². The van der Waals surface area contributed by atoms with Crippen molar-refractivity contribution < 1.29 is 23.0 Å². The summed E-state index contributed by atoms with van der Waals surface area (Å²) in [6.07, 6.45) is -1.43. The second-order valence-electron chi connectivity index (χ2n) is 7.51. The molecule has 4 rings (SSSR count). The molecule has 160 valence electrons. The molecule has 0 radical (unpaired) electrons. The lowest BCUT2D eigenvalue weighted by atomic mass is 10.0. The van der Waals surface area contributed by atoms with Crippen molar-refractivity contribution in [1.82, 2.24) is 19.6 Å². The average molecular weight is 421 g/mol. The number of aryl methyl sites for hydroxylation is 1. The highest BCUT2D eigenvalue weighted by atomic mass is 19.4. The quantitative estimate of drug-likeness (QED) is 0.672. The topological polar surface area (TPSA) is 84.6 Å². The van der Waals surface area contributed by atoms with E-state index in [-0.39, 0.29) is 18.2 Å². The highest BCUT2D eigenvalue weighted by molar-refractivity contribution is 5.67. The zero-order valence-electron chi connectivity index (χ0n) is 16.5. The largest absolute Gasteiger partial charge is 0.395 e. The van der Waals surface area contributed by atoms with Crippen molar-refractivity contribution in [1.29, 1.82) is 0 Å². The standard InChI is InChI=1S/C20H22F3N5O2/c1-11-7-16(14-4-3-13(8-24-14)12(2)20(21,22)23)28-17(11)9-25-19(27-28)26-15-5-6-30-10-18(15)29/h3-4,7-9,12,15,18,29H,5-6,10H2,1-2H3,(H,26,27)/t12-,15-,18-/m1/s1. The number of aromatic nitrogens is 4. The van der Waals surface area contributed by atoms with E-state index in [1.807, 2.05) is 13.0 Å². The number of ether oxygens (including phenoxy) is 1. The minimum absolute atomic E-state index is 0.106. The van der Waals surface area contributed by atoms with E-state index in [4.69, 9.17) is 4.74 Å². The lowest BCUT2D eigenvalue weighted by Crippen LogP contribution is -2.42. The minimum Gasteiger partial charge on any atom is -0.389 e. The third kappa shape index (κ3) is 3.97. The lowest BCUT2D eigenvalue weighted by Gasteiger charge is -2.28. The van der Waals surface area contributed by atoms with Crippen molar-refractivity contribution in [3.8, 4) is 11.4 Å². The van der Waals surface area contributed by atoms with Gasteiger partial charge >= 0.3 is 6.18 Å². The van der Waals surface area contributed by atoms with Gasteiger partial charge in [0.2, 0.25) is 5.95 Å². The van der Waals surface area contributed by atoms with Crippen LogP contribution in [0.1, 0.15) is 30.4 Å². The average Bonchev–Trinajstić information content (AvgIpc) is 3.04. The van der Waals surface area contributed by atoms with Crippen LogP contribution in [0.15, 0.2) is 30.6 Å². The number of hydrogen-bond acceptors (Lipinski definition) is 6. The van der Waals surface area contributed by atoms with Gasteiger partial charge in [0.05, 0.1) is 47.8 Å². The van der Waals surface area contributed by atoms with Crippen LogP contribution in [0.5, 0.6) is 0 Å². The number of fused-ring (bicyclic) bond motifs is 1. The van der Waals surface area contributed by atoms with E-state index in [2.05, 4.69) is 20.4 Å². The second kappa shape index (κ2) is 7.84. The molecule has 0 aliphatic carbocycles. The first kappa shape index (κ1) is 20.5. The van der Waals surface area contributed by atoms with E-state index >= 15 is 0 Å². The van der Waals surface area contributed by atoms with Crippen LogP contribution in [-0.4, -0.2) is 56.2 Å². The fourth-order valence-electron chi connectivity index (χ4n) is 3.45. The maximum atomic E-state index is 13.0. The van der Waals surface area contributed by atoms with Gasteiger partial charge in [-0.3, -0.25) is 4.98 Å². The number of aliphatic hydroxyl groups is 1. The number of anilines is 1. The fraction of sp³-hybridized carbons (Fsp3) is 0.450. The molecule has 0 amide bonds. The molecule has 1 fully saturated rings. The van der Waals surface area contributed by atoms with Gasteiger partial charge in [-0.15, -0.1) is 5.10 Å². The molecule has 3 aromatic rings. The summed E-state index contributed by atoms with van der Waals surface area (Å²) < 4.78 is 45.8. The second-order valence-corrected chi connectivity index (χ2v) is 7.51. The Bertz CT molecular complexity index is 1040. The Balaban J connectivity index is 1.65. The van der Waals surface area contributed by atoms with E-state index in [9.17, 15) is 18.3 Å². The highest BCUT2D eigenvalue weighted by Gasteiger charge is 2.37. The zero-order chi connectivity index (χ0) is 21.5. The van der Waals surface area contributed by atoms with Crippen molar-refractivity contribution in [2.24, 2.45) is 0 Å². The Hall–Kier alpha value is -2.72. The molecule has 3 aromatic heterocycles. The smallest absolute Gasteiger partial charge is 0.389 e. The fourth-order valence-corrected chi connectivity index (χ4v) is 3.45. The van der Waals surface area contributed by atoms with Crippen molar-refractivity contribution in [2.75, 3.05) is 18.5 Å². The summed E-state index contributed by atoms with van der Waals surface area (Å²) in [7, 11) is 0. The molecule has 3 atom stereocenters. The summed E-state index contributed by atoms with van der Waals surface area (Å²) >= 11 is 0. The van der Waals surface area contributed by atoms with Gasteiger partial charge in [-0.05, 0) is 43.5 Å².